The minimum atomic E-state index is -0.518. The zero-order valence-electron chi connectivity index (χ0n) is 10.00. The summed E-state index contributed by atoms with van der Waals surface area (Å²) in [6.45, 7) is 3.73. The molecule has 3 N–H and O–H groups in total. The van der Waals surface area contributed by atoms with Gasteiger partial charge in [-0.05, 0) is 31.5 Å². The third-order valence-corrected chi connectivity index (χ3v) is 2.34. The molecule has 1 unspecified atom stereocenters. The van der Waals surface area contributed by atoms with Crippen molar-refractivity contribution in [2.24, 2.45) is 0 Å². The van der Waals surface area contributed by atoms with Crippen LogP contribution in [0.3, 0.4) is 0 Å². The van der Waals surface area contributed by atoms with E-state index in [-0.39, 0.29) is 18.4 Å². The molecule has 0 saturated heterocycles. The normalized spacial score (nSPS) is 12.2. The van der Waals surface area contributed by atoms with Gasteiger partial charge in [-0.3, -0.25) is 4.79 Å². The van der Waals surface area contributed by atoms with Crippen LogP contribution in [0.5, 0.6) is 0 Å². The summed E-state index contributed by atoms with van der Waals surface area (Å²) in [5, 5.41) is 2.41. The first-order chi connectivity index (χ1) is 8.02. The van der Waals surface area contributed by atoms with Gasteiger partial charge in [-0.1, -0.05) is 6.92 Å². The Morgan fingerprint density at radius 3 is 2.94 bits per heavy atom. The monoisotopic (exact) mass is 240 g/mol. The summed E-state index contributed by atoms with van der Waals surface area (Å²) < 4.78 is 18.5. The number of nitrogen functional groups attached to an aromatic ring is 1. The van der Waals surface area contributed by atoms with E-state index in [2.05, 4.69) is 5.32 Å². The van der Waals surface area contributed by atoms with Gasteiger partial charge in [0, 0.05) is 5.69 Å². The highest BCUT2D eigenvalue weighted by atomic mass is 19.1. The first-order valence-corrected chi connectivity index (χ1v) is 5.49. The van der Waals surface area contributed by atoms with Gasteiger partial charge < -0.3 is 15.8 Å². The summed E-state index contributed by atoms with van der Waals surface area (Å²) in [4.78, 5) is 11.5. The van der Waals surface area contributed by atoms with Crippen molar-refractivity contribution in [1.29, 1.82) is 0 Å². The summed E-state index contributed by atoms with van der Waals surface area (Å²) in [5.74, 6) is -0.911. The third kappa shape index (κ3) is 4.40. The van der Waals surface area contributed by atoms with Crippen LogP contribution in [0.15, 0.2) is 18.2 Å². The molecule has 0 saturated carbocycles. The fraction of sp³-hybridized carbons (Fsp3) is 0.417. The molecule has 0 aliphatic rings. The number of benzene rings is 1. The van der Waals surface area contributed by atoms with E-state index in [1.165, 1.54) is 18.2 Å². The Morgan fingerprint density at radius 1 is 1.59 bits per heavy atom. The van der Waals surface area contributed by atoms with Crippen molar-refractivity contribution in [2.75, 3.05) is 17.7 Å². The first-order valence-electron chi connectivity index (χ1n) is 5.49. The number of carbonyl (C=O) groups is 1. The summed E-state index contributed by atoms with van der Waals surface area (Å²) in [6.07, 6.45) is 0.825. The van der Waals surface area contributed by atoms with Crippen LogP contribution in [0.25, 0.3) is 0 Å². The molecule has 0 aliphatic carbocycles. The molecule has 94 valence electrons. The van der Waals surface area contributed by atoms with Crippen LogP contribution in [0.2, 0.25) is 0 Å². The van der Waals surface area contributed by atoms with Gasteiger partial charge in [0.2, 0.25) is 5.91 Å². The Morgan fingerprint density at radius 2 is 2.29 bits per heavy atom. The molecule has 0 fully saturated rings. The van der Waals surface area contributed by atoms with E-state index in [0.29, 0.717) is 5.69 Å². The number of halogens is 1. The number of nitrogens with two attached hydrogens (primary N) is 1. The van der Waals surface area contributed by atoms with E-state index in [4.69, 9.17) is 10.5 Å². The Balaban J connectivity index is 2.53. The minimum absolute atomic E-state index is 0.00596. The predicted octanol–water partition coefficient (Wildman–Crippen LogP) is 2.16. The quantitative estimate of drug-likeness (QED) is 0.775. The second-order valence-electron chi connectivity index (χ2n) is 3.82. The molecule has 0 radical (unpaired) electrons. The molecule has 0 spiro atoms. The highest BCUT2D eigenvalue weighted by molar-refractivity contribution is 5.92. The standard InChI is InChI=1S/C12H17FN2O2/c1-3-8(2)17-7-12(16)15-11-6-9(14)4-5-10(11)13/h4-6,8H,3,7,14H2,1-2H3,(H,15,16). The number of amides is 1. The zero-order chi connectivity index (χ0) is 12.8. The molecule has 5 heteroatoms. The lowest BCUT2D eigenvalue weighted by molar-refractivity contribution is -0.122. The molecule has 17 heavy (non-hydrogen) atoms. The lowest BCUT2D eigenvalue weighted by Crippen LogP contribution is -2.22. The molecule has 4 nitrogen and oxygen atoms in total. The van der Waals surface area contributed by atoms with E-state index in [1.54, 1.807) is 0 Å². The van der Waals surface area contributed by atoms with E-state index in [9.17, 15) is 9.18 Å². The molecule has 0 bridgehead atoms. The average Bonchev–Trinajstić information content (AvgIpc) is 2.30. The Bertz CT molecular complexity index is 396. The van der Waals surface area contributed by atoms with Crippen molar-refractivity contribution in [2.45, 2.75) is 26.4 Å². The lowest BCUT2D eigenvalue weighted by Gasteiger charge is -2.11. The smallest absolute Gasteiger partial charge is 0.250 e. The largest absolute Gasteiger partial charge is 0.399 e. The fourth-order valence-corrected chi connectivity index (χ4v) is 1.16. The van der Waals surface area contributed by atoms with E-state index in [1.807, 2.05) is 13.8 Å². The number of anilines is 2. The molecular formula is C12H17FN2O2. The maximum atomic E-state index is 13.3. The van der Waals surface area contributed by atoms with Crippen molar-refractivity contribution in [3.63, 3.8) is 0 Å². The zero-order valence-corrected chi connectivity index (χ0v) is 10.00. The number of hydrogen-bond acceptors (Lipinski definition) is 3. The highest BCUT2D eigenvalue weighted by Gasteiger charge is 2.09. The Hall–Kier alpha value is -1.62. The summed E-state index contributed by atoms with van der Waals surface area (Å²) in [5.41, 5.74) is 5.96. The molecule has 1 aromatic carbocycles. The number of ether oxygens (including phenoxy) is 1. The predicted molar refractivity (Wildman–Crippen MR) is 65.1 cm³/mol. The summed E-state index contributed by atoms with van der Waals surface area (Å²) in [6, 6.07) is 4.01. The van der Waals surface area contributed by atoms with Crippen LogP contribution in [0.4, 0.5) is 15.8 Å². The van der Waals surface area contributed by atoms with Crippen LogP contribution in [0, 0.1) is 5.82 Å². The number of rotatable bonds is 5. The number of carbonyl (C=O) groups excluding carboxylic acids is 1. The average molecular weight is 240 g/mol. The van der Waals surface area contributed by atoms with Crippen LogP contribution in [-0.4, -0.2) is 18.6 Å². The van der Waals surface area contributed by atoms with Crippen molar-refractivity contribution in [3.8, 4) is 0 Å². The second-order valence-corrected chi connectivity index (χ2v) is 3.82. The van der Waals surface area contributed by atoms with Gasteiger partial charge >= 0.3 is 0 Å². The first kappa shape index (κ1) is 13.4. The molecule has 0 heterocycles. The molecule has 1 rings (SSSR count). The maximum Gasteiger partial charge on any atom is 0.250 e. The van der Waals surface area contributed by atoms with Gasteiger partial charge in [0.05, 0.1) is 11.8 Å². The van der Waals surface area contributed by atoms with Gasteiger partial charge in [-0.25, -0.2) is 4.39 Å². The minimum Gasteiger partial charge on any atom is -0.399 e. The van der Waals surface area contributed by atoms with Gasteiger partial charge in [0.25, 0.3) is 0 Å². The van der Waals surface area contributed by atoms with Gasteiger partial charge in [0.15, 0.2) is 0 Å². The summed E-state index contributed by atoms with van der Waals surface area (Å²) >= 11 is 0. The van der Waals surface area contributed by atoms with Crippen LogP contribution in [-0.2, 0) is 9.53 Å². The van der Waals surface area contributed by atoms with Gasteiger partial charge in [-0.2, -0.15) is 0 Å². The van der Waals surface area contributed by atoms with Crippen molar-refractivity contribution < 1.29 is 13.9 Å². The van der Waals surface area contributed by atoms with Crippen molar-refractivity contribution in [1.82, 2.24) is 0 Å². The van der Waals surface area contributed by atoms with Gasteiger partial charge in [0.1, 0.15) is 12.4 Å². The lowest BCUT2D eigenvalue weighted by atomic mass is 10.2. The maximum absolute atomic E-state index is 13.3. The van der Waals surface area contributed by atoms with Crippen molar-refractivity contribution in [3.05, 3.63) is 24.0 Å². The van der Waals surface area contributed by atoms with Crippen LogP contribution >= 0.6 is 0 Å². The highest BCUT2D eigenvalue weighted by Crippen LogP contribution is 2.17. The van der Waals surface area contributed by atoms with E-state index in [0.717, 1.165) is 6.42 Å². The third-order valence-electron chi connectivity index (χ3n) is 2.34. The van der Waals surface area contributed by atoms with Crippen molar-refractivity contribution >= 4 is 17.3 Å². The SMILES string of the molecule is CCC(C)OCC(=O)Nc1cc(N)ccc1F. The number of nitrogens with one attached hydrogen (secondary N) is 1. The Labute approximate surface area is 100.0 Å². The molecule has 1 amide bonds. The molecule has 1 aromatic rings. The van der Waals surface area contributed by atoms with E-state index < -0.39 is 11.7 Å². The van der Waals surface area contributed by atoms with Crippen LogP contribution in [0.1, 0.15) is 20.3 Å². The molecule has 1 atom stereocenters. The molecular weight excluding hydrogens is 223 g/mol. The second kappa shape index (κ2) is 6.20. The van der Waals surface area contributed by atoms with Crippen LogP contribution < -0.4 is 11.1 Å². The van der Waals surface area contributed by atoms with E-state index >= 15 is 0 Å². The summed E-state index contributed by atoms with van der Waals surface area (Å²) in [7, 11) is 0. The van der Waals surface area contributed by atoms with Gasteiger partial charge in [-0.15, -0.1) is 0 Å². The molecule has 0 aromatic heterocycles. The number of hydrogen-bond donors (Lipinski definition) is 2. The topological polar surface area (TPSA) is 64.3 Å². The molecule has 0 aliphatic heterocycles. The fourth-order valence-electron chi connectivity index (χ4n) is 1.16. The Kier molecular flexibility index (Phi) is 4.90.